The van der Waals surface area contributed by atoms with Gasteiger partial charge in [0.1, 0.15) is 11.3 Å². The van der Waals surface area contributed by atoms with Gasteiger partial charge < -0.3 is 9.32 Å². The highest BCUT2D eigenvalue weighted by Gasteiger charge is 2.27. The van der Waals surface area contributed by atoms with Crippen LogP contribution in [0, 0.1) is 0 Å². The van der Waals surface area contributed by atoms with Crippen molar-refractivity contribution in [1.82, 2.24) is 4.90 Å². The second-order valence-corrected chi connectivity index (χ2v) is 6.22. The van der Waals surface area contributed by atoms with Crippen molar-refractivity contribution in [2.75, 3.05) is 7.05 Å². The lowest BCUT2D eigenvalue weighted by Gasteiger charge is -2.24. The third-order valence-electron chi connectivity index (χ3n) is 4.75. The molecule has 0 saturated carbocycles. The SMILES string of the molecule is CN(C(=O)/C=C/c1cc2ccccc2o1)C1CCc2ccccc21. The quantitative estimate of drug-likeness (QED) is 0.662. The number of benzene rings is 2. The van der Waals surface area contributed by atoms with Crippen LogP contribution < -0.4 is 0 Å². The Bertz CT molecular complexity index is 889. The zero-order valence-electron chi connectivity index (χ0n) is 13.6. The van der Waals surface area contributed by atoms with Crippen molar-refractivity contribution < 1.29 is 9.21 Å². The first-order valence-corrected chi connectivity index (χ1v) is 8.23. The van der Waals surface area contributed by atoms with E-state index in [1.807, 2.05) is 48.3 Å². The number of furan rings is 1. The van der Waals surface area contributed by atoms with Gasteiger partial charge >= 0.3 is 0 Å². The number of hydrogen-bond donors (Lipinski definition) is 0. The van der Waals surface area contributed by atoms with E-state index in [-0.39, 0.29) is 11.9 Å². The summed E-state index contributed by atoms with van der Waals surface area (Å²) >= 11 is 0. The predicted octanol–water partition coefficient (Wildman–Crippen LogP) is 4.59. The van der Waals surface area contributed by atoms with E-state index in [1.54, 1.807) is 12.2 Å². The van der Waals surface area contributed by atoms with E-state index in [4.69, 9.17) is 4.42 Å². The third kappa shape index (κ3) is 2.62. The first-order valence-electron chi connectivity index (χ1n) is 8.23. The molecule has 0 saturated heterocycles. The van der Waals surface area contributed by atoms with Crippen molar-refractivity contribution in [2.45, 2.75) is 18.9 Å². The molecule has 0 N–H and O–H groups in total. The van der Waals surface area contributed by atoms with Crippen LogP contribution >= 0.6 is 0 Å². The number of rotatable bonds is 3. The summed E-state index contributed by atoms with van der Waals surface area (Å²) in [5.41, 5.74) is 3.46. The van der Waals surface area contributed by atoms with E-state index >= 15 is 0 Å². The first kappa shape index (κ1) is 14.8. The minimum atomic E-state index is -0.00263. The fraction of sp³-hybridized carbons (Fsp3) is 0.190. The Morgan fingerprint density at radius 1 is 1.17 bits per heavy atom. The van der Waals surface area contributed by atoms with Gasteiger partial charge in [-0.05, 0) is 42.2 Å². The van der Waals surface area contributed by atoms with Gasteiger partial charge in [-0.25, -0.2) is 0 Å². The lowest BCUT2D eigenvalue weighted by atomic mass is 10.1. The van der Waals surface area contributed by atoms with Gasteiger partial charge in [-0.3, -0.25) is 4.79 Å². The van der Waals surface area contributed by atoms with Crippen LogP contribution in [0.2, 0.25) is 0 Å². The minimum Gasteiger partial charge on any atom is -0.457 e. The summed E-state index contributed by atoms with van der Waals surface area (Å²) in [6.07, 6.45) is 5.37. The van der Waals surface area contributed by atoms with Gasteiger partial charge in [0, 0.05) is 18.5 Å². The summed E-state index contributed by atoms with van der Waals surface area (Å²) in [6, 6.07) is 18.3. The Hall–Kier alpha value is -2.81. The van der Waals surface area contributed by atoms with Crippen molar-refractivity contribution in [3.8, 4) is 0 Å². The van der Waals surface area contributed by atoms with Crippen molar-refractivity contribution in [3.63, 3.8) is 0 Å². The lowest BCUT2D eigenvalue weighted by molar-refractivity contribution is -0.126. The number of amides is 1. The Kier molecular flexibility index (Phi) is 3.69. The number of para-hydroxylation sites is 1. The van der Waals surface area contributed by atoms with E-state index < -0.39 is 0 Å². The molecular formula is C21H19NO2. The zero-order valence-corrected chi connectivity index (χ0v) is 13.6. The van der Waals surface area contributed by atoms with Crippen LogP contribution in [0.4, 0.5) is 0 Å². The Morgan fingerprint density at radius 3 is 2.83 bits per heavy atom. The Morgan fingerprint density at radius 2 is 1.96 bits per heavy atom. The average Bonchev–Trinajstić information content (AvgIpc) is 3.22. The molecule has 0 bridgehead atoms. The van der Waals surface area contributed by atoms with Crippen LogP contribution in [0.5, 0.6) is 0 Å². The molecule has 0 spiro atoms. The number of fused-ring (bicyclic) bond motifs is 2. The molecule has 120 valence electrons. The highest BCUT2D eigenvalue weighted by Crippen LogP contribution is 2.34. The molecule has 0 radical (unpaired) electrons. The highest BCUT2D eigenvalue weighted by atomic mass is 16.3. The zero-order chi connectivity index (χ0) is 16.5. The van der Waals surface area contributed by atoms with Gasteiger partial charge in [0.05, 0.1) is 6.04 Å². The summed E-state index contributed by atoms with van der Waals surface area (Å²) in [5, 5.41) is 1.04. The monoisotopic (exact) mass is 317 g/mol. The molecule has 0 fully saturated rings. The van der Waals surface area contributed by atoms with E-state index in [1.165, 1.54) is 11.1 Å². The van der Waals surface area contributed by atoms with Crippen molar-refractivity contribution in [1.29, 1.82) is 0 Å². The molecule has 1 aliphatic carbocycles. The highest BCUT2D eigenvalue weighted by molar-refractivity contribution is 5.92. The Labute approximate surface area is 141 Å². The number of nitrogens with zero attached hydrogens (tertiary/aromatic N) is 1. The van der Waals surface area contributed by atoms with Crippen LogP contribution in [0.1, 0.15) is 29.3 Å². The van der Waals surface area contributed by atoms with Crippen molar-refractivity contribution in [3.05, 3.63) is 77.6 Å². The second kappa shape index (κ2) is 6.00. The van der Waals surface area contributed by atoms with Crippen molar-refractivity contribution in [2.24, 2.45) is 0 Å². The molecule has 1 heterocycles. The van der Waals surface area contributed by atoms with E-state index in [2.05, 4.69) is 18.2 Å². The fourth-order valence-electron chi connectivity index (χ4n) is 3.45. The molecule has 3 aromatic rings. The normalized spacial score (nSPS) is 16.6. The number of likely N-dealkylation sites (N-methyl/N-ethyl adjacent to an activating group) is 1. The third-order valence-corrected chi connectivity index (χ3v) is 4.75. The fourth-order valence-corrected chi connectivity index (χ4v) is 3.45. The molecule has 1 unspecified atom stereocenters. The number of carbonyl (C=O) groups is 1. The summed E-state index contributed by atoms with van der Waals surface area (Å²) in [5.74, 6) is 0.696. The number of hydrogen-bond acceptors (Lipinski definition) is 2. The van der Waals surface area contributed by atoms with Gasteiger partial charge in [-0.15, -0.1) is 0 Å². The van der Waals surface area contributed by atoms with Crippen molar-refractivity contribution >= 4 is 23.0 Å². The Balaban J connectivity index is 1.51. The number of carbonyl (C=O) groups excluding carboxylic acids is 1. The van der Waals surface area contributed by atoms with Crippen LogP contribution in [-0.2, 0) is 11.2 Å². The van der Waals surface area contributed by atoms with Gasteiger partial charge in [0.25, 0.3) is 0 Å². The van der Waals surface area contributed by atoms with Gasteiger partial charge in [0.15, 0.2) is 0 Å². The number of aryl methyl sites for hydroxylation is 1. The van der Waals surface area contributed by atoms with Gasteiger partial charge in [-0.2, -0.15) is 0 Å². The van der Waals surface area contributed by atoms with Gasteiger partial charge in [-0.1, -0.05) is 42.5 Å². The molecule has 1 atom stereocenters. The molecule has 3 nitrogen and oxygen atoms in total. The maximum absolute atomic E-state index is 12.5. The topological polar surface area (TPSA) is 33.5 Å². The van der Waals surface area contributed by atoms with Crippen LogP contribution in [0.3, 0.4) is 0 Å². The summed E-state index contributed by atoms with van der Waals surface area (Å²) < 4.78 is 5.72. The van der Waals surface area contributed by atoms with E-state index in [9.17, 15) is 4.79 Å². The smallest absolute Gasteiger partial charge is 0.246 e. The van der Waals surface area contributed by atoms with E-state index in [0.717, 1.165) is 23.8 Å². The van der Waals surface area contributed by atoms with E-state index in [0.29, 0.717) is 5.76 Å². The van der Waals surface area contributed by atoms with Crippen LogP contribution in [0.25, 0.3) is 17.0 Å². The summed E-state index contributed by atoms with van der Waals surface area (Å²) in [6.45, 7) is 0. The summed E-state index contributed by atoms with van der Waals surface area (Å²) in [7, 11) is 1.87. The molecular weight excluding hydrogens is 298 g/mol. The first-order chi connectivity index (χ1) is 11.7. The lowest BCUT2D eigenvalue weighted by Crippen LogP contribution is -2.28. The maximum Gasteiger partial charge on any atom is 0.246 e. The average molecular weight is 317 g/mol. The second-order valence-electron chi connectivity index (χ2n) is 6.22. The largest absolute Gasteiger partial charge is 0.457 e. The maximum atomic E-state index is 12.5. The predicted molar refractivity (Wildman–Crippen MR) is 95.5 cm³/mol. The molecule has 0 aliphatic heterocycles. The summed E-state index contributed by atoms with van der Waals surface area (Å²) in [4.78, 5) is 14.4. The molecule has 2 aromatic carbocycles. The molecule has 1 amide bonds. The minimum absolute atomic E-state index is 0.00263. The van der Waals surface area contributed by atoms with Gasteiger partial charge in [0.2, 0.25) is 5.91 Å². The standard InChI is InChI=1S/C21H19NO2/c1-22(19-12-10-15-6-2-4-8-18(15)19)21(23)13-11-17-14-16-7-3-5-9-20(16)24-17/h2-9,11,13-14,19H,10,12H2,1H3/b13-11+. The molecule has 1 aromatic heterocycles. The molecule has 1 aliphatic rings. The molecule has 24 heavy (non-hydrogen) atoms. The van der Waals surface area contributed by atoms with Crippen LogP contribution in [0.15, 0.2) is 65.1 Å². The molecule has 3 heteroatoms. The molecule has 4 rings (SSSR count). The van der Waals surface area contributed by atoms with Crippen LogP contribution in [-0.4, -0.2) is 17.9 Å².